The number of benzene rings is 1. The molecule has 0 aromatic heterocycles. The van der Waals surface area contributed by atoms with Crippen molar-refractivity contribution >= 4 is 0 Å². The van der Waals surface area contributed by atoms with Crippen LogP contribution in [0, 0.1) is 12.7 Å². The van der Waals surface area contributed by atoms with Crippen molar-refractivity contribution in [2.24, 2.45) is 0 Å². The van der Waals surface area contributed by atoms with Gasteiger partial charge >= 0.3 is 0 Å². The zero-order chi connectivity index (χ0) is 10.1. The summed E-state index contributed by atoms with van der Waals surface area (Å²) in [6.07, 6.45) is 0. The molecule has 1 aromatic rings. The zero-order valence-electron chi connectivity index (χ0n) is 8.52. The third-order valence-corrected chi connectivity index (χ3v) is 1.55. The molecule has 0 aliphatic carbocycles. The van der Waals surface area contributed by atoms with E-state index >= 15 is 0 Å². The van der Waals surface area contributed by atoms with E-state index in [-0.39, 0.29) is 11.4 Å². The molecular formula is C11H15FO. The fraction of sp³-hybridized carbons (Fsp3) is 0.455. The van der Waals surface area contributed by atoms with Crippen LogP contribution in [0.2, 0.25) is 0 Å². The SMILES string of the molecule is Cc1cc(OC(C)(C)C)ccc1F. The topological polar surface area (TPSA) is 9.23 Å². The Morgan fingerprint density at radius 3 is 2.31 bits per heavy atom. The van der Waals surface area contributed by atoms with Crippen LogP contribution < -0.4 is 4.74 Å². The van der Waals surface area contributed by atoms with Gasteiger partial charge in [-0.05, 0) is 51.5 Å². The molecule has 0 heterocycles. The summed E-state index contributed by atoms with van der Waals surface area (Å²) in [5.41, 5.74) is 0.381. The fourth-order valence-corrected chi connectivity index (χ4v) is 1.03. The van der Waals surface area contributed by atoms with Crippen molar-refractivity contribution in [2.45, 2.75) is 33.3 Å². The van der Waals surface area contributed by atoms with Gasteiger partial charge < -0.3 is 4.74 Å². The van der Waals surface area contributed by atoms with Gasteiger partial charge in [-0.15, -0.1) is 0 Å². The average molecular weight is 182 g/mol. The molecule has 2 heteroatoms. The summed E-state index contributed by atoms with van der Waals surface area (Å²) in [5, 5.41) is 0. The summed E-state index contributed by atoms with van der Waals surface area (Å²) < 4.78 is 18.4. The third-order valence-electron chi connectivity index (χ3n) is 1.55. The Bertz CT molecular complexity index is 299. The molecule has 0 fully saturated rings. The van der Waals surface area contributed by atoms with Gasteiger partial charge in [-0.3, -0.25) is 0 Å². The quantitative estimate of drug-likeness (QED) is 0.647. The minimum Gasteiger partial charge on any atom is -0.488 e. The normalized spacial score (nSPS) is 11.5. The minimum absolute atomic E-state index is 0.193. The highest BCUT2D eigenvalue weighted by Gasteiger charge is 2.11. The predicted molar refractivity (Wildman–Crippen MR) is 51.5 cm³/mol. The Morgan fingerprint density at radius 1 is 1.23 bits per heavy atom. The van der Waals surface area contributed by atoms with Crippen molar-refractivity contribution in [1.82, 2.24) is 0 Å². The second kappa shape index (κ2) is 3.36. The molecular weight excluding hydrogens is 167 g/mol. The van der Waals surface area contributed by atoms with Gasteiger partial charge in [0, 0.05) is 0 Å². The van der Waals surface area contributed by atoms with Gasteiger partial charge in [-0.1, -0.05) is 0 Å². The number of ether oxygens (including phenoxy) is 1. The molecule has 0 aliphatic rings. The minimum atomic E-state index is -0.232. The van der Waals surface area contributed by atoms with Gasteiger partial charge in [-0.2, -0.15) is 0 Å². The van der Waals surface area contributed by atoms with E-state index in [1.54, 1.807) is 19.1 Å². The molecule has 1 nitrogen and oxygen atoms in total. The van der Waals surface area contributed by atoms with E-state index in [1.807, 2.05) is 20.8 Å². The second-order valence-corrected chi connectivity index (χ2v) is 4.13. The largest absolute Gasteiger partial charge is 0.488 e. The van der Waals surface area contributed by atoms with Crippen molar-refractivity contribution in [3.8, 4) is 5.75 Å². The standard InChI is InChI=1S/C11H15FO/c1-8-7-9(5-6-10(8)12)13-11(2,3)4/h5-7H,1-4H3. The number of halogens is 1. The fourth-order valence-electron chi connectivity index (χ4n) is 1.03. The van der Waals surface area contributed by atoms with Crippen LogP contribution in [0.5, 0.6) is 5.75 Å². The summed E-state index contributed by atoms with van der Waals surface area (Å²) >= 11 is 0. The third kappa shape index (κ3) is 3.05. The molecule has 0 aliphatic heterocycles. The van der Waals surface area contributed by atoms with Crippen LogP contribution in [0.4, 0.5) is 4.39 Å². The maximum Gasteiger partial charge on any atom is 0.126 e. The van der Waals surface area contributed by atoms with Crippen molar-refractivity contribution in [3.63, 3.8) is 0 Å². The van der Waals surface area contributed by atoms with Crippen LogP contribution in [0.25, 0.3) is 0 Å². The molecule has 0 N–H and O–H groups in total. The predicted octanol–water partition coefficient (Wildman–Crippen LogP) is 3.31. The molecule has 72 valence electrons. The maximum absolute atomic E-state index is 12.9. The lowest BCUT2D eigenvalue weighted by molar-refractivity contribution is 0.130. The Hall–Kier alpha value is -1.05. The van der Waals surface area contributed by atoms with Crippen LogP contribution >= 0.6 is 0 Å². The van der Waals surface area contributed by atoms with Gasteiger partial charge in [-0.25, -0.2) is 4.39 Å². The molecule has 0 radical (unpaired) electrons. The van der Waals surface area contributed by atoms with Crippen molar-refractivity contribution in [2.75, 3.05) is 0 Å². The number of rotatable bonds is 1. The first-order valence-corrected chi connectivity index (χ1v) is 4.34. The van der Waals surface area contributed by atoms with E-state index in [2.05, 4.69) is 0 Å². The van der Waals surface area contributed by atoms with Gasteiger partial charge in [0.15, 0.2) is 0 Å². The van der Waals surface area contributed by atoms with Crippen LogP contribution in [-0.4, -0.2) is 5.60 Å². The number of hydrogen-bond donors (Lipinski definition) is 0. The molecule has 1 rings (SSSR count). The average Bonchev–Trinajstić information content (AvgIpc) is 1.94. The molecule has 0 amide bonds. The maximum atomic E-state index is 12.9. The van der Waals surface area contributed by atoms with E-state index in [1.165, 1.54) is 6.07 Å². The Labute approximate surface area is 78.5 Å². The van der Waals surface area contributed by atoms with Crippen LogP contribution in [-0.2, 0) is 0 Å². The lowest BCUT2D eigenvalue weighted by Gasteiger charge is -2.21. The van der Waals surface area contributed by atoms with E-state index in [4.69, 9.17) is 4.74 Å². The van der Waals surface area contributed by atoms with E-state index < -0.39 is 0 Å². The van der Waals surface area contributed by atoms with Crippen molar-refractivity contribution < 1.29 is 9.13 Å². The van der Waals surface area contributed by atoms with Crippen molar-refractivity contribution in [3.05, 3.63) is 29.6 Å². The van der Waals surface area contributed by atoms with E-state index in [0.717, 1.165) is 0 Å². The number of aryl methyl sites for hydroxylation is 1. The highest BCUT2D eigenvalue weighted by molar-refractivity contribution is 5.29. The first-order chi connectivity index (χ1) is 5.88. The molecule has 0 atom stereocenters. The number of hydrogen-bond acceptors (Lipinski definition) is 1. The molecule has 0 unspecified atom stereocenters. The molecule has 13 heavy (non-hydrogen) atoms. The zero-order valence-corrected chi connectivity index (χ0v) is 8.52. The lowest BCUT2D eigenvalue weighted by atomic mass is 10.1. The monoisotopic (exact) mass is 182 g/mol. The van der Waals surface area contributed by atoms with Crippen LogP contribution in [0.15, 0.2) is 18.2 Å². The van der Waals surface area contributed by atoms with Gasteiger partial charge in [0.1, 0.15) is 17.2 Å². The summed E-state index contributed by atoms with van der Waals surface area (Å²) in [6.45, 7) is 7.62. The van der Waals surface area contributed by atoms with Crippen LogP contribution in [0.1, 0.15) is 26.3 Å². The van der Waals surface area contributed by atoms with E-state index in [9.17, 15) is 4.39 Å². The lowest BCUT2D eigenvalue weighted by Crippen LogP contribution is -2.22. The summed E-state index contributed by atoms with van der Waals surface area (Å²) in [7, 11) is 0. The van der Waals surface area contributed by atoms with Gasteiger partial charge in [0.2, 0.25) is 0 Å². The second-order valence-electron chi connectivity index (χ2n) is 4.13. The van der Waals surface area contributed by atoms with Crippen LogP contribution in [0.3, 0.4) is 0 Å². The van der Waals surface area contributed by atoms with Gasteiger partial charge in [0.05, 0.1) is 0 Å². The summed E-state index contributed by atoms with van der Waals surface area (Å²) in [5.74, 6) is 0.521. The first-order valence-electron chi connectivity index (χ1n) is 4.34. The molecule has 0 bridgehead atoms. The van der Waals surface area contributed by atoms with E-state index in [0.29, 0.717) is 11.3 Å². The van der Waals surface area contributed by atoms with Gasteiger partial charge in [0.25, 0.3) is 0 Å². The molecule has 0 spiro atoms. The Kier molecular flexibility index (Phi) is 2.60. The highest BCUT2D eigenvalue weighted by atomic mass is 19.1. The van der Waals surface area contributed by atoms with Crippen molar-refractivity contribution in [1.29, 1.82) is 0 Å². The molecule has 0 saturated heterocycles. The smallest absolute Gasteiger partial charge is 0.126 e. The highest BCUT2D eigenvalue weighted by Crippen LogP contribution is 2.20. The Morgan fingerprint density at radius 2 is 1.85 bits per heavy atom. The molecule has 1 aromatic carbocycles. The first kappa shape index (κ1) is 10.0. The Balaban J connectivity index is 2.86. The molecule has 0 saturated carbocycles. The summed E-state index contributed by atoms with van der Waals surface area (Å²) in [4.78, 5) is 0. The summed E-state index contributed by atoms with van der Waals surface area (Å²) in [6, 6.07) is 4.78.